The van der Waals surface area contributed by atoms with Crippen LogP contribution in [0.5, 0.6) is 0 Å². The molecule has 0 aromatic heterocycles. The average molecular weight is 401 g/mol. The second kappa shape index (κ2) is 6.59. The molecule has 1 heterocycles. The molecule has 0 aromatic rings. The summed E-state index contributed by atoms with van der Waals surface area (Å²) in [6.45, 7) is 6.76. The maximum Gasteiger partial charge on any atom is 0.471 e. The fourth-order valence-corrected chi connectivity index (χ4v) is 5.46. The Kier molecular flexibility index (Phi) is 4.91. The molecule has 0 unspecified atom stereocenters. The first-order chi connectivity index (χ1) is 12.8. The molecule has 0 N–H and O–H groups in total. The fraction of sp³-hybridized carbons (Fsp3) is 0.750. The summed E-state index contributed by atoms with van der Waals surface area (Å²) in [5, 5.41) is 0. The summed E-state index contributed by atoms with van der Waals surface area (Å²) in [5.74, 6) is -3.16. The number of alkyl halides is 3. The lowest BCUT2D eigenvalue weighted by Crippen LogP contribution is -2.51. The van der Waals surface area contributed by atoms with Gasteiger partial charge in [0.25, 0.3) is 0 Å². The zero-order valence-corrected chi connectivity index (χ0v) is 16.6. The third-order valence-electron chi connectivity index (χ3n) is 6.60. The molecule has 1 aliphatic heterocycles. The van der Waals surface area contributed by atoms with E-state index < -0.39 is 35.0 Å². The Bertz CT molecular complexity index is 755. The number of hydrogen-bond acceptors (Lipinski definition) is 4. The number of hydrogen-bond donors (Lipinski definition) is 0. The summed E-state index contributed by atoms with van der Waals surface area (Å²) in [4.78, 5) is 37.6. The van der Waals surface area contributed by atoms with Crippen molar-refractivity contribution in [2.75, 3.05) is 6.54 Å². The minimum Gasteiger partial charge on any atom is -0.460 e. The number of allylic oxidation sites excluding steroid dienone is 2. The van der Waals surface area contributed by atoms with Crippen molar-refractivity contribution in [3.8, 4) is 0 Å². The van der Waals surface area contributed by atoms with E-state index in [0.29, 0.717) is 31.3 Å². The number of ether oxygens (including phenoxy) is 1. The highest BCUT2D eigenvalue weighted by Gasteiger charge is 2.59. The van der Waals surface area contributed by atoms with Gasteiger partial charge in [0.05, 0.1) is 0 Å². The molecule has 2 aliphatic carbocycles. The van der Waals surface area contributed by atoms with Gasteiger partial charge in [-0.3, -0.25) is 14.4 Å². The van der Waals surface area contributed by atoms with Crippen molar-refractivity contribution in [2.24, 2.45) is 17.3 Å². The summed E-state index contributed by atoms with van der Waals surface area (Å²) in [5.41, 5.74) is -0.822. The highest BCUT2D eigenvalue weighted by Crippen LogP contribution is 2.59. The Hall–Kier alpha value is -1.86. The predicted octanol–water partition coefficient (Wildman–Crippen LogP) is 3.77. The molecule has 0 bridgehead atoms. The van der Waals surface area contributed by atoms with Crippen LogP contribution in [0.3, 0.4) is 0 Å². The van der Waals surface area contributed by atoms with Crippen molar-refractivity contribution in [1.82, 2.24) is 4.90 Å². The molecule has 28 heavy (non-hydrogen) atoms. The predicted molar refractivity (Wildman–Crippen MR) is 93.8 cm³/mol. The van der Waals surface area contributed by atoms with Crippen molar-refractivity contribution >= 4 is 17.7 Å². The summed E-state index contributed by atoms with van der Waals surface area (Å²) < 4.78 is 44.6. The van der Waals surface area contributed by atoms with Gasteiger partial charge in [0.2, 0.25) is 0 Å². The van der Waals surface area contributed by atoms with E-state index in [2.05, 4.69) is 0 Å². The van der Waals surface area contributed by atoms with Crippen LogP contribution in [0, 0.1) is 17.3 Å². The zero-order chi connectivity index (χ0) is 21.1. The van der Waals surface area contributed by atoms with Gasteiger partial charge in [-0.15, -0.1) is 0 Å². The Balaban J connectivity index is 1.99. The topological polar surface area (TPSA) is 63.7 Å². The second-order valence-electron chi connectivity index (χ2n) is 9.00. The van der Waals surface area contributed by atoms with E-state index >= 15 is 0 Å². The maximum atomic E-state index is 13.4. The summed E-state index contributed by atoms with van der Waals surface area (Å²) in [7, 11) is 0. The summed E-state index contributed by atoms with van der Waals surface area (Å²) in [6, 6.07) is 0. The molecule has 3 atom stereocenters. The van der Waals surface area contributed by atoms with E-state index in [1.54, 1.807) is 13.8 Å². The van der Waals surface area contributed by atoms with Crippen LogP contribution in [0.15, 0.2) is 11.3 Å². The van der Waals surface area contributed by atoms with Gasteiger partial charge in [0.1, 0.15) is 5.60 Å². The quantitative estimate of drug-likeness (QED) is 0.661. The molecular formula is C20H26F3NO4. The molecule has 1 fully saturated rings. The van der Waals surface area contributed by atoms with Gasteiger partial charge in [-0.1, -0.05) is 6.92 Å². The number of halogens is 3. The third kappa shape index (κ3) is 3.35. The van der Waals surface area contributed by atoms with E-state index in [0.717, 1.165) is 4.90 Å². The highest BCUT2D eigenvalue weighted by molar-refractivity contribution is 6.01. The van der Waals surface area contributed by atoms with Crippen LogP contribution >= 0.6 is 0 Å². The first-order valence-electron chi connectivity index (χ1n) is 9.62. The van der Waals surface area contributed by atoms with E-state index in [1.807, 2.05) is 6.92 Å². The molecule has 0 spiro atoms. The molecule has 156 valence electrons. The summed E-state index contributed by atoms with van der Waals surface area (Å²) in [6.07, 6.45) is -2.74. The Morgan fingerprint density at radius 3 is 2.46 bits per heavy atom. The average Bonchev–Trinajstić information content (AvgIpc) is 2.90. The second-order valence-corrected chi connectivity index (χ2v) is 9.00. The lowest BCUT2D eigenvalue weighted by Gasteiger charge is -2.46. The first-order valence-corrected chi connectivity index (χ1v) is 9.62. The molecule has 1 saturated carbocycles. The molecule has 3 rings (SSSR count). The lowest BCUT2D eigenvalue weighted by molar-refractivity contribution is -0.184. The molecule has 0 radical (unpaired) electrons. The maximum absolute atomic E-state index is 13.4. The molecule has 5 nitrogen and oxygen atoms in total. The van der Waals surface area contributed by atoms with Crippen LogP contribution in [0.1, 0.15) is 59.8 Å². The van der Waals surface area contributed by atoms with Crippen molar-refractivity contribution in [3.63, 3.8) is 0 Å². The number of esters is 1. The molecule has 0 saturated heterocycles. The highest BCUT2D eigenvalue weighted by atomic mass is 19.4. The SMILES string of the molecule is CC(=O)OC(C)(C)[C@H]1CC[C@]2(C)CC3=C(CCCN3C(=O)C(F)(F)F)C(=O)[C@H]12. The van der Waals surface area contributed by atoms with Crippen LogP contribution in [-0.4, -0.2) is 40.9 Å². The zero-order valence-electron chi connectivity index (χ0n) is 16.6. The number of fused-ring (bicyclic) bond motifs is 1. The van der Waals surface area contributed by atoms with Crippen LogP contribution < -0.4 is 0 Å². The normalized spacial score (nSPS) is 30.8. The number of amides is 1. The van der Waals surface area contributed by atoms with E-state index in [4.69, 9.17) is 4.74 Å². The minimum atomic E-state index is -4.97. The molecule has 3 aliphatic rings. The number of Topliss-reactive ketones (excluding diaryl/α,β-unsaturated/α-hetero) is 1. The van der Waals surface area contributed by atoms with Crippen molar-refractivity contribution in [2.45, 2.75) is 71.6 Å². The molecular weight excluding hydrogens is 375 g/mol. The van der Waals surface area contributed by atoms with Crippen LogP contribution in [0.25, 0.3) is 0 Å². The van der Waals surface area contributed by atoms with Crippen LogP contribution in [-0.2, 0) is 19.1 Å². The van der Waals surface area contributed by atoms with E-state index in [9.17, 15) is 27.6 Å². The number of rotatable bonds is 2. The molecule has 1 amide bonds. The Morgan fingerprint density at radius 2 is 1.89 bits per heavy atom. The number of nitrogens with zero attached hydrogens (tertiary/aromatic N) is 1. The van der Waals surface area contributed by atoms with Gasteiger partial charge in [-0.05, 0) is 51.4 Å². The van der Waals surface area contributed by atoms with Crippen molar-refractivity contribution < 1.29 is 32.3 Å². The smallest absolute Gasteiger partial charge is 0.460 e. The van der Waals surface area contributed by atoms with Gasteiger partial charge in [-0.25, -0.2) is 0 Å². The largest absolute Gasteiger partial charge is 0.471 e. The summed E-state index contributed by atoms with van der Waals surface area (Å²) >= 11 is 0. The van der Waals surface area contributed by atoms with Gasteiger partial charge in [-0.2, -0.15) is 13.2 Å². The standard InChI is InChI=1S/C20H26F3NO4/c1-11(25)28-18(2,3)13-7-8-19(4)10-14-12(16(26)15(13)19)6-5-9-24(14)17(27)20(21,22)23/h13,15H,5-10H2,1-4H3/t13-,15-,19+/m0/s1. The molecule has 8 heteroatoms. The van der Waals surface area contributed by atoms with E-state index in [-0.39, 0.29) is 30.4 Å². The Morgan fingerprint density at radius 1 is 1.25 bits per heavy atom. The monoisotopic (exact) mass is 401 g/mol. The van der Waals surface area contributed by atoms with Gasteiger partial charge < -0.3 is 9.64 Å². The molecule has 0 aromatic carbocycles. The number of carbonyl (C=O) groups is 3. The Labute approximate surface area is 162 Å². The van der Waals surface area contributed by atoms with Crippen LogP contribution in [0.2, 0.25) is 0 Å². The lowest BCUT2D eigenvalue weighted by atomic mass is 9.63. The van der Waals surface area contributed by atoms with Gasteiger partial charge >= 0.3 is 18.1 Å². The van der Waals surface area contributed by atoms with Gasteiger partial charge in [0, 0.05) is 36.6 Å². The van der Waals surface area contributed by atoms with Gasteiger partial charge in [0.15, 0.2) is 5.78 Å². The van der Waals surface area contributed by atoms with Crippen LogP contribution in [0.4, 0.5) is 13.2 Å². The first kappa shape index (κ1) is 20.9. The fourth-order valence-electron chi connectivity index (χ4n) is 5.46. The minimum absolute atomic E-state index is 0.0203. The van der Waals surface area contributed by atoms with Crippen molar-refractivity contribution in [1.29, 1.82) is 0 Å². The van der Waals surface area contributed by atoms with E-state index in [1.165, 1.54) is 6.92 Å². The van der Waals surface area contributed by atoms with Crippen molar-refractivity contribution in [3.05, 3.63) is 11.3 Å². The number of carbonyl (C=O) groups excluding carboxylic acids is 3. The third-order valence-corrected chi connectivity index (χ3v) is 6.60. The number of ketones is 1.